The molecule has 0 aliphatic rings. The number of carbonyl (C=O) groups excluding carboxylic acids is 3. The van der Waals surface area contributed by atoms with Crippen LogP contribution in [-0.4, -0.2) is 30.4 Å². The van der Waals surface area contributed by atoms with E-state index in [1.54, 1.807) is 38.1 Å². The third-order valence-corrected chi connectivity index (χ3v) is 3.27. The molecule has 0 saturated carbocycles. The van der Waals surface area contributed by atoms with Crippen LogP contribution in [0.4, 0.5) is 5.69 Å². The van der Waals surface area contributed by atoms with E-state index >= 15 is 0 Å². The summed E-state index contributed by atoms with van der Waals surface area (Å²) in [5.74, 6) is -0.497. The van der Waals surface area contributed by atoms with E-state index in [9.17, 15) is 14.4 Å². The van der Waals surface area contributed by atoms with Gasteiger partial charge in [-0.3, -0.25) is 14.4 Å². The second-order valence-electron chi connectivity index (χ2n) is 5.65. The fourth-order valence-corrected chi connectivity index (χ4v) is 2.19. The van der Waals surface area contributed by atoms with E-state index in [4.69, 9.17) is 4.74 Å². The van der Waals surface area contributed by atoms with Crippen molar-refractivity contribution in [2.45, 2.75) is 52.5 Å². The molecule has 2 amide bonds. The Morgan fingerprint density at radius 1 is 1.08 bits per heavy atom. The van der Waals surface area contributed by atoms with Gasteiger partial charge < -0.3 is 15.4 Å². The van der Waals surface area contributed by atoms with Crippen LogP contribution < -0.4 is 10.6 Å². The fraction of sp³-hybridized carbons (Fsp3) is 0.500. The molecule has 0 unspecified atom stereocenters. The Morgan fingerprint density at radius 2 is 1.75 bits per heavy atom. The molecular formula is C18H26N2O4. The van der Waals surface area contributed by atoms with Crippen molar-refractivity contribution in [1.82, 2.24) is 5.32 Å². The van der Waals surface area contributed by atoms with Crippen LogP contribution in [-0.2, 0) is 25.5 Å². The summed E-state index contributed by atoms with van der Waals surface area (Å²) in [6.07, 6.45) is 1.66. The molecule has 2 N–H and O–H groups in total. The average molecular weight is 334 g/mol. The van der Waals surface area contributed by atoms with Gasteiger partial charge >= 0.3 is 5.97 Å². The van der Waals surface area contributed by atoms with Crippen molar-refractivity contribution >= 4 is 23.5 Å². The Balaban J connectivity index is 2.44. The highest BCUT2D eigenvalue weighted by Gasteiger charge is 2.13. The van der Waals surface area contributed by atoms with Crippen LogP contribution >= 0.6 is 0 Å². The maximum Gasteiger partial charge on any atom is 0.307 e. The van der Waals surface area contributed by atoms with Gasteiger partial charge in [0.25, 0.3) is 0 Å². The summed E-state index contributed by atoms with van der Waals surface area (Å²) in [5, 5.41) is 5.57. The molecule has 0 aliphatic heterocycles. The fourth-order valence-electron chi connectivity index (χ4n) is 2.19. The minimum atomic E-state index is -0.322. The van der Waals surface area contributed by atoms with Crippen LogP contribution in [0.1, 0.15) is 45.6 Å². The SMILES string of the molecule is CCCC(=O)Nc1ccc(CC(=O)N[C@@H](C)CC(=O)OCC)cc1. The van der Waals surface area contributed by atoms with Crippen LogP contribution in [0.5, 0.6) is 0 Å². The molecule has 0 aromatic heterocycles. The Bertz CT molecular complexity index is 555. The topological polar surface area (TPSA) is 84.5 Å². The predicted molar refractivity (Wildman–Crippen MR) is 92.5 cm³/mol. The van der Waals surface area contributed by atoms with E-state index in [0.717, 1.165) is 12.0 Å². The first-order chi connectivity index (χ1) is 11.4. The number of amides is 2. The molecule has 1 aromatic rings. The van der Waals surface area contributed by atoms with Crippen LogP contribution in [0.2, 0.25) is 0 Å². The van der Waals surface area contributed by atoms with Gasteiger partial charge in [0.1, 0.15) is 0 Å². The van der Waals surface area contributed by atoms with E-state index in [1.165, 1.54) is 0 Å². The lowest BCUT2D eigenvalue weighted by Gasteiger charge is -2.13. The molecule has 0 aliphatic carbocycles. The van der Waals surface area contributed by atoms with Crippen molar-refractivity contribution in [3.05, 3.63) is 29.8 Å². The van der Waals surface area contributed by atoms with Crippen molar-refractivity contribution in [3.8, 4) is 0 Å². The number of hydrogen-bond acceptors (Lipinski definition) is 4. The first kappa shape index (κ1) is 19.7. The standard InChI is InChI=1S/C18H26N2O4/c1-4-6-16(21)20-15-9-7-14(8-10-15)12-17(22)19-13(3)11-18(23)24-5-2/h7-10,13H,4-6,11-12H2,1-3H3,(H,19,22)(H,20,21)/t13-/m0/s1. The van der Waals surface area contributed by atoms with Gasteiger partial charge in [0, 0.05) is 18.2 Å². The number of nitrogens with one attached hydrogen (secondary N) is 2. The van der Waals surface area contributed by atoms with E-state index in [0.29, 0.717) is 18.7 Å². The Morgan fingerprint density at radius 3 is 2.33 bits per heavy atom. The molecule has 0 spiro atoms. The summed E-state index contributed by atoms with van der Waals surface area (Å²) >= 11 is 0. The summed E-state index contributed by atoms with van der Waals surface area (Å²) in [5.41, 5.74) is 1.55. The van der Waals surface area contributed by atoms with Gasteiger partial charge in [-0.15, -0.1) is 0 Å². The molecule has 1 rings (SSSR count). The highest BCUT2D eigenvalue weighted by Crippen LogP contribution is 2.11. The number of benzene rings is 1. The summed E-state index contributed by atoms with van der Waals surface area (Å²) < 4.78 is 4.85. The highest BCUT2D eigenvalue weighted by molar-refractivity contribution is 5.90. The smallest absolute Gasteiger partial charge is 0.307 e. The predicted octanol–water partition coefficient (Wildman–Crippen LogP) is 2.43. The van der Waals surface area contributed by atoms with Crippen molar-refractivity contribution in [2.75, 3.05) is 11.9 Å². The van der Waals surface area contributed by atoms with E-state index in [2.05, 4.69) is 10.6 Å². The molecule has 24 heavy (non-hydrogen) atoms. The first-order valence-electron chi connectivity index (χ1n) is 8.28. The molecule has 6 heteroatoms. The molecule has 0 radical (unpaired) electrons. The van der Waals surface area contributed by atoms with Crippen LogP contribution in [0.3, 0.4) is 0 Å². The first-order valence-corrected chi connectivity index (χ1v) is 8.28. The maximum atomic E-state index is 12.0. The van der Waals surface area contributed by atoms with Gasteiger partial charge in [-0.05, 0) is 38.0 Å². The van der Waals surface area contributed by atoms with Crippen molar-refractivity contribution in [2.24, 2.45) is 0 Å². The number of hydrogen-bond donors (Lipinski definition) is 2. The summed E-state index contributed by atoms with van der Waals surface area (Å²) in [7, 11) is 0. The number of esters is 1. The average Bonchev–Trinajstić information content (AvgIpc) is 2.49. The lowest BCUT2D eigenvalue weighted by molar-refractivity contribution is -0.143. The van der Waals surface area contributed by atoms with Crippen molar-refractivity contribution in [3.63, 3.8) is 0 Å². The van der Waals surface area contributed by atoms with Gasteiger partial charge in [0.05, 0.1) is 19.4 Å². The minimum Gasteiger partial charge on any atom is -0.466 e. The molecule has 0 bridgehead atoms. The second kappa shape index (κ2) is 10.4. The van der Waals surface area contributed by atoms with E-state index in [1.807, 2.05) is 6.92 Å². The zero-order chi connectivity index (χ0) is 17.9. The molecule has 1 atom stereocenters. The van der Waals surface area contributed by atoms with Gasteiger partial charge in [0.2, 0.25) is 11.8 Å². The van der Waals surface area contributed by atoms with Gasteiger partial charge in [-0.25, -0.2) is 0 Å². The highest BCUT2D eigenvalue weighted by atomic mass is 16.5. The molecule has 132 valence electrons. The van der Waals surface area contributed by atoms with Crippen molar-refractivity contribution < 1.29 is 19.1 Å². The number of anilines is 1. The number of carbonyl (C=O) groups is 3. The summed E-state index contributed by atoms with van der Waals surface area (Å²) in [6.45, 7) is 5.79. The maximum absolute atomic E-state index is 12.0. The minimum absolute atomic E-state index is 0.0178. The van der Waals surface area contributed by atoms with Gasteiger partial charge in [0.15, 0.2) is 0 Å². The molecular weight excluding hydrogens is 308 g/mol. The third-order valence-electron chi connectivity index (χ3n) is 3.27. The Kier molecular flexibility index (Phi) is 8.54. The van der Waals surface area contributed by atoms with Gasteiger partial charge in [-0.1, -0.05) is 19.1 Å². The lowest BCUT2D eigenvalue weighted by Crippen LogP contribution is -2.35. The summed E-state index contributed by atoms with van der Waals surface area (Å²) in [6, 6.07) is 6.88. The molecule has 0 heterocycles. The zero-order valence-electron chi connectivity index (χ0n) is 14.6. The van der Waals surface area contributed by atoms with E-state index < -0.39 is 0 Å². The van der Waals surface area contributed by atoms with Crippen LogP contribution in [0, 0.1) is 0 Å². The molecule has 0 fully saturated rings. The third kappa shape index (κ3) is 7.76. The molecule has 6 nitrogen and oxygen atoms in total. The summed E-state index contributed by atoms with van der Waals surface area (Å²) in [4.78, 5) is 34.9. The largest absolute Gasteiger partial charge is 0.466 e. The van der Waals surface area contributed by atoms with Crippen LogP contribution in [0.25, 0.3) is 0 Å². The second-order valence-corrected chi connectivity index (χ2v) is 5.65. The van der Waals surface area contributed by atoms with Gasteiger partial charge in [-0.2, -0.15) is 0 Å². The molecule has 1 aromatic carbocycles. The monoisotopic (exact) mass is 334 g/mol. The Labute approximate surface area is 143 Å². The quantitative estimate of drug-likeness (QED) is 0.679. The Hall–Kier alpha value is -2.37. The lowest BCUT2D eigenvalue weighted by atomic mass is 10.1. The van der Waals surface area contributed by atoms with E-state index in [-0.39, 0.29) is 36.7 Å². The van der Waals surface area contributed by atoms with Crippen LogP contribution in [0.15, 0.2) is 24.3 Å². The normalized spacial score (nSPS) is 11.5. The number of rotatable bonds is 9. The van der Waals surface area contributed by atoms with Crippen molar-refractivity contribution in [1.29, 1.82) is 0 Å². The molecule has 0 saturated heterocycles. The zero-order valence-corrected chi connectivity index (χ0v) is 14.6. The number of ether oxygens (including phenoxy) is 1.